The number of cyclic esters (lactones) is 1. The van der Waals surface area contributed by atoms with Crippen LogP contribution in [0.3, 0.4) is 0 Å². The Morgan fingerprint density at radius 3 is 2.48 bits per heavy atom. The molecule has 0 aromatic heterocycles. The van der Waals surface area contributed by atoms with E-state index >= 15 is 0 Å². The maximum atomic E-state index is 12.2. The monoisotopic (exact) mass is 404 g/mol. The molecule has 3 rings (SSSR count). The molecule has 0 N–H and O–H groups in total. The lowest BCUT2D eigenvalue weighted by Crippen LogP contribution is -2.04. The van der Waals surface area contributed by atoms with Gasteiger partial charge in [0.25, 0.3) is 0 Å². The van der Waals surface area contributed by atoms with E-state index in [0.717, 1.165) is 5.56 Å². The minimum absolute atomic E-state index is 0.125. The number of methoxy groups -OCH3 is 1. The van der Waals surface area contributed by atoms with E-state index in [9.17, 15) is 9.59 Å². The van der Waals surface area contributed by atoms with Crippen LogP contribution in [0.25, 0.3) is 11.8 Å². The molecule has 2 aromatic carbocycles. The normalized spacial score (nSPS) is 14.7. The fourth-order valence-corrected chi connectivity index (χ4v) is 3.04. The quantitative estimate of drug-likeness (QED) is 0.411. The summed E-state index contributed by atoms with van der Waals surface area (Å²) in [5, 5.41) is 0.503. The summed E-state index contributed by atoms with van der Waals surface area (Å²) < 4.78 is 15.6. The SMILES string of the molecule is COc1ccc(C2=C/C(=C\c3cc(Cl)cc(Cl)c3OC(C)=O)C(=O)O2)cc1. The first-order chi connectivity index (χ1) is 12.9. The third-order valence-electron chi connectivity index (χ3n) is 3.69. The summed E-state index contributed by atoms with van der Waals surface area (Å²) in [6.45, 7) is 1.26. The fraction of sp³-hybridized carbons (Fsp3) is 0.100. The molecule has 1 aliphatic heterocycles. The van der Waals surface area contributed by atoms with Crippen molar-refractivity contribution < 1.29 is 23.8 Å². The van der Waals surface area contributed by atoms with E-state index < -0.39 is 11.9 Å². The largest absolute Gasteiger partial charge is 0.497 e. The molecule has 0 aliphatic carbocycles. The van der Waals surface area contributed by atoms with Crippen molar-refractivity contribution in [2.45, 2.75) is 6.92 Å². The number of carbonyl (C=O) groups is 2. The van der Waals surface area contributed by atoms with Crippen LogP contribution < -0.4 is 9.47 Å². The molecule has 0 saturated carbocycles. The average Bonchev–Trinajstić information content (AvgIpc) is 2.98. The van der Waals surface area contributed by atoms with Crippen LogP contribution in [0, 0.1) is 0 Å². The number of rotatable bonds is 4. The Labute approximate surface area is 165 Å². The molecule has 138 valence electrons. The third kappa shape index (κ3) is 4.32. The summed E-state index contributed by atoms with van der Waals surface area (Å²) in [6.07, 6.45) is 3.10. The average molecular weight is 405 g/mol. The van der Waals surface area contributed by atoms with Crippen molar-refractivity contribution in [2.75, 3.05) is 7.11 Å². The molecule has 0 fully saturated rings. The van der Waals surface area contributed by atoms with Crippen LogP contribution in [0.4, 0.5) is 0 Å². The molecule has 27 heavy (non-hydrogen) atoms. The lowest BCUT2D eigenvalue weighted by molar-refractivity contribution is -0.132. The first-order valence-corrected chi connectivity index (χ1v) is 8.60. The van der Waals surface area contributed by atoms with Crippen LogP contribution in [0.1, 0.15) is 18.1 Å². The molecule has 0 atom stereocenters. The van der Waals surface area contributed by atoms with Crippen LogP contribution in [-0.4, -0.2) is 19.0 Å². The molecule has 1 aliphatic rings. The minimum Gasteiger partial charge on any atom is -0.497 e. The summed E-state index contributed by atoms with van der Waals surface area (Å²) in [5.74, 6) is 0.142. The van der Waals surface area contributed by atoms with E-state index in [1.165, 1.54) is 19.1 Å². The van der Waals surface area contributed by atoms with Crippen LogP contribution in [0.2, 0.25) is 10.0 Å². The zero-order valence-electron chi connectivity index (χ0n) is 14.4. The summed E-state index contributed by atoms with van der Waals surface area (Å²) in [6, 6.07) is 10.1. The predicted molar refractivity (Wildman–Crippen MR) is 103 cm³/mol. The van der Waals surface area contributed by atoms with Crippen molar-refractivity contribution in [1.82, 2.24) is 0 Å². The van der Waals surface area contributed by atoms with Crippen molar-refractivity contribution in [3.8, 4) is 11.5 Å². The Hall–Kier alpha value is -2.76. The number of esters is 2. The molecule has 5 nitrogen and oxygen atoms in total. The Kier molecular flexibility index (Phi) is 5.54. The predicted octanol–water partition coefficient (Wildman–Crippen LogP) is 4.91. The van der Waals surface area contributed by atoms with E-state index in [4.69, 9.17) is 37.4 Å². The highest BCUT2D eigenvalue weighted by atomic mass is 35.5. The number of ether oxygens (including phenoxy) is 3. The summed E-state index contributed by atoms with van der Waals surface area (Å²) in [5.41, 5.74) is 1.38. The van der Waals surface area contributed by atoms with Crippen LogP contribution in [-0.2, 0) is 14.3 Å². The summed E-state index contributed by atoms with van der Waals surface area (Å²) >= 11 is 12.2. The zero-order valence-corrected chi connectivity index (χ0v) is 15.9. The number of carbonyl (C=O) groups excluding carboxylic acids is 2. The van der Waals surface area contributed by atoms with Gasteiger partial charge in [0.2, 0.25) is 0 Å². The van der Waals surface area contributed by atoms with E-state index in [1.54, 1.807) is 43.5 Å². The van der Waals surface area contributed by atoms with E-state index in [1.807, 2.05) is 0 Å². The van der Waals surface area contributed by atoms with Crippen molar-refractivity contribution >= 4 is 47.0 Å². The van der Waals surface area contributed by atoms with Gasteiger partial charge in [-0.2, -0.15) is 0 Å². The van der Waals surface area contributed by atoms with Gasteiger partial charge in [-0.3, -0.25) is 4.79 Å². The van der Waals surface area contributed by atoms with E-state index in [-0.39, 0.29) is 16.3 Å². The van der Waals surface area contributed by atoms with Crippen molar-refractivity contribution in [3.63, 3.8) is 0 Å². The minimum atomic E-state index is -0.540. The van der Waals surface area contributed by atoms with Crippen LogP contribution >= 0.6 is 23.2 Å². The van der Waals surface area contributed by atoms with Gasteiger partial charge < -0.3 is 14.2 Å². The molecule has 2 aromatic rings. The Balaban J connectivity index is 2.00. The maximum absolute atomic E-state index is 12.2. The van der Waals surface area contributed by atoms with Crippen molar-refractivity contribution in [2.24, 2.45) is 0 Å². The van der Waals surface area contributed by atoms with Crippen LogP contribution in [0.15, 0.2) is 48.0 Å². The smallest absolute Gasteiger partial charge is 0.343 e. The van der Waals surface area contributed by atoms with Gasteiger partial charge in [-0.05, 0) is 48.6 Å². The number of hydrogen-bond acceptors (Lipinski definition) is 5. The number of hydrogen-bond donors (Lipinski definition) is 0. The summed E-state index contributed by atoms with van der Waals surface area (Å²) in [7, 11) is 1.57. The maximum Gasteiger partial charge on any atom is 0.343 e. The van der Waals surface area contributed by atoms with Crippen molar-refractivity contribution in [3.05, 3.63) is 69.2 Å². The first-order valence-electron chi connectivity index (χ1n) is 7.85. The highest BCUT2D eigenvalue weighted by Gasteiger charge is 2.23. The molecule has 0 amide bonds. The molecule has 7 heteroatoms. The molecular weight excluding hydrogens is 391 g/mol. The molecule has 0 spiro atoms. The van der Waals surface area contributed by atoms with Gasteiger partial charge in [-0.15, -0.1) is 0 Å². The molecule has 0 saturated heterocycles. The molecule has 0 radical (unpaired) electrons. The molecular formula is C20H14Cl2O5. The van der Waals surface area contributed by atoms with Gasteiger partial charge in [-0.25, -0.2) is 4.79 Å². The molecule has 0 unspecified atom stereocenters. The molecule has 0 bridgehead atoms. The zero-order chi connectivity index (χ0) is 19.6. The van der Waals surface area contributed by atoms with Gasteiger partial charge in [-0.1, -0.05) is 23.2 Å². The lowest BCUT2D eigenvalue weighted by atomic mass is 10.1. The van der Waals surface area contributed by atoms with Gasteiger partial charge in [0.1, 0.15) is 11.5 Å². The Bertz CT molecular complexity index is 975. The highest BCUT2D eigenvalue weighted by Crippen LogP contribution is 2.36. The first kappa shape index (κ1) is 19.0. The van der Waals surface area contributed by atoms with E-state index in [0.29, 0.717) is 22.1 Å². The van der Waals surface area contributed by atoms with Gasteiger partial charge in [0, 0.05) is 23.1 Å². The second-order valence-electron chi connectivity index (χ2n) is 5.63. The molecule has 1 heterocycles. The lowest BCUT2D eigenvalue weighted by Gasteiger charge is -2.09. The third-order valence-corrected chi connectivity index (χ3v) is 4.19. The Morgan fingerprint density at radius 1 is 1.15 bits per heavy atom. The standard InChI is InChI=1S/C20H14Cl2O5/c1-11(23)26-19-13(8-15(21)10-17(19)22)7-14-9-18(27-20(14)24)12-3-5-16(25-2)6-4-12/h3-10H,1-2H3/b14-7+. The van der Waals surface area contributed by atoms with Gasteiger partial charge >= 0.3 is 11.9 Å². The van der Waals surface area contributed by atoms with Crippen LogP contribution in [0.5, 0.6) is 11.5 Å². The van der Waals surface area contributed by atoms with Gasteiger partial charge in [0.05, 0.1) is 17.7 Å². The number of benzene rings is 2. The summed E-state index contributed by atoms with van der Waals surface area (Å²) in [4.78, 5) is 23.6. The van der Waals surface area contributed by atoms with Crippen molar-refractivity contribution in [1.29, 1.82) is 0 Å². The van der Waals surface area contributed by atoms with E-state index in [2.05, 4.69) is 0 Å². The Morgan fingerprint density at radius 2 is 1.85 bits per heavy atom. The second-order valence-corrected chi connectivity index (χ2v) is 6.47. The second kappa shape index (κ2) is 7.86. The topological polar surface area (TPSA) is 61.8 Å². The number of halogens is 2. The van der Waals surface area contributed by atoms with Gasteiger partial charge in [0.15, 0.2) is 5.75 Å². The highest BCUT2D eigenvalue weighted by molar-refractivity contribution is 6.36. The fourth-order valence-electron chi connectivity index (χ4n) is 2.49.